The number of cyclic esters (lactones) is 1. The number of carbonyl (C=O) groups is 1. The number of carbonyl (C=O) groups excluding carboxylic acids is 1. The summed E-state index contributed by atoms with van der Waals surface area (Å²) in [5.74, 6) is 0.599. The van der Waals surface area contributed by atoms with E-state index < -0.39 is 0 Å². The molecule has 3 aromatic rings. The van der Waals surface area contributed by atoms with Crippen molar-refractivity contribution >= 4 is 33.7 Å². The van der Waals surface area contributed by atoms with Crippen LogP contribution in [0.15, 0.2) is 64.2 Å². The van der Waals surface area contributed by atoms with Crippen molar-refractivity contribution in [2.75, 3.05) is 6.61 Å². The molecule has 2 heterocycles. The molecule has 7 heteroatoms. The van der Waals surface area contributed by atoms with Gasteiger partial charge in [0.25, 0.3) is 0 Å². The monoisotopic (exact) mass is 429 g/mol. The Balaban J connectivity index is 1.74. The van der Waals surface area contributed by atoms with E-state index in [9.17, 15) is 4.79 Å². The molecule has 0 unspecified atom stereocenters. The van der Waals surface area contributed by atoms with Crippen LogP contribution in [-0.4, -0.2) is 32.6 Å². The van der Waals surface area contributed by atoms with Gasteiger partial charge in [0.05, 0.1) is 13.2 Å². The van der Waals surface area contributed by atoms with Crippen LogP contribution in [-0.2, 0) is 16.1 Å². The zero-order valence-electron chi connectivity index (χ0n) is 13.8. The molecule has 1 atom stereocenters. The fraction of sp³-hybridized carbons (Fsp3) is 0.211. The summed E-state index contributed by atoms with van der Waals surface area (Å²) in [6.07, 6.45) is 0.700. The maximum atomic E-state index is 11.9. The van der Waals surface area contributed by atoms with E-state index in [0.717, 1.165) is 26.6 Å². The average Bonchev–Trinajstić information content (AvgIpc) is 3.24. The molecule has 0 spiro atoms. The Morgan fingerprint density at radius 3 is 2.62 bits per heavy atom. The molecule has 2 aromatic carbocycles. The van der Waals surface area contributed by atoms with Gasteiger partial charge in [0.1, 0.15) is 5.25 Å². The first-order chi connectivity index (χ1) is 12.7. The molecule has 0 bridgehead atoms. The minimum absolute atomic E-state index is 0.174. The highest BCUT2D eigenvalue weighted by Gasteiger charge is 2.30. The second-order valence-corrected chi connectivity index (χ2v) is 7.94. The summed E-state index contributed by atoms with van der Waals surface area (Å²) in [4.78, 5) is 11.9. The lowest BCUT2D eigenvalue weighted by Gasteiger charge is -2.12. The standard InChI is InChI=1S/C19H16BrN3O2S/c20-15-9-5-4-8-14(15)17-21-22-19(26-16-10-11-25-18(16)24)23(17)12-13-6-2-1-3-7-13/h1-9,16H,10-12H2/t16-/m0/s1. The van der Waals surface area contributed by atoms with E-state index in [1.54, 1.807) is 0 Å². The maximum absolute atomic E-state index is 11.9. The fourth-order valence-corrected chi connectivity index (χ4v) is 4.30. The largest absolute Gasteiger partial charge is 0.465 e. The van der Waals surface area contributed by atoms with Gasteiger partial charge in [0.15, 0.2) is 11.0 Å². The number of rotatable bonds is 5. The van der Waals surface area contributed by atoms with Crippen molar-refractivity contribution in [2.24, 2.45) is 0 Å². The van der Waals surface area contributed by atoms with E-state index in [4.69, 9.17) is 4.74 Å². The van der Waals surface area contributed by atoms with Gasteiger partial charge in [0, 0.05) is 16.5 Å². The van der Waals surface area contributed by atoms with Crippen molar-refractivity contribution in [1.82, 2.24) is 14.8 Å². The molecule has 0 radical (unpaired) electrons. The van der Waals surface area contributed by atoms with Crippen LogP contribution in [0.3, 0.4) is 0 Å². The Kier molecular flexibility index (Phi) is 5.08. The minimum Gasteiger partial charge on any atom is -0.465 e. The average molecular weight is 430 g/mol. The first kappa shape index (κ1) is 17.3. The van der Waals surface area contributed by atoms with Crippen molar-refractivity contribution in [1.29, 1.82) is 0 Å². The third-order valence-electron chi connectivity index (χ3n) is 4.15. The molecule has 4 rings (SSSR count). The first-order valence-corrected chi connectivity index (χ1v) is 9.95. The third-order valence-corrected chi connectivity index (χ3v) is 6.07. The highest BCUT2D eigenvalue weighted by Crippen LogP contribution is 2.33. The fourth-order valence-electron chi connectivity index (χ4n) is 2.84. The van der Waals surface area contributed by atoms with E-state index in [1.165, 1.54) is 11.8 Å². The topological polar surface area (TPSA) is 57.0 Å². The lowest BCUT2D eigenvalue weighted by Crippen LogP contribution is -2.12. The molecule has 0 N–H and O–H groups in total. The van der Waals surface area contributed by atoms with Crippen molar-refractivity contribution in [2.45, 2.75) is 23.4 Å². The summed E-state index contributed by atoms with van der Waals surface area (Å²) < 4.78 is 8.10. The van der Waals surface area contributed by atoms with Crippen LogP contribution in [0, 0.1) is 0 Å². The number of aromatic nitrogens is 3. The Morgan fingerprint density at radius 1 is 1.12 bits per heavy atom. The Hall–Kier alpha value is -2.12. The number of thioether (sulfide) groups is 1. The van der Waals surface area contributed by atoms with E-state index in [-0.39, 0.29) is 11.2 Å². The summed E-state index contributed by atoms with van der Waals surface area (Å²) in [7, 11) is 0. The molecule has 1 aromatic heterocycles. The molecule has 5 nitrogen and oxygen atoms in total. The molecule has 26 heavy (non-hydrogen) atoms. The molecule has 1 saturated heterocycles. The van der Waals surface area contributed by atoms with Gasteiger partial charge in [-0.2, -0.15) is 0 Å². The first-order valence-electron chi connectivity index (χ1n) is 8.27. The molecule has 1 fully saturated rings. The van der Waals surface area contributed by atoms with Gasteiger partial charge in [-0.25, -0.2) is 0 Å². The number of benzene rings is 2. The van der Waals surface area contributed by atoms with Crippen molar-refractivity contribution in [3.05, 3.63) is 64.6 Å². The Morgan fingerprint density at radius 2 is 1.88 bits per heavy atom. The number of ether oxygens (including phenoxy) is 1. The van der Waals surface area contributed by atoms with E-state index >= 15 is 0 Å². The molecule has 132 valence electrons. The van der Waals surface area contributed by atoms with Crippen LogP contribution in [0.25, 0.3) is 11.4 Å². The van der Waals surface area contributed by atoms with Gasteiger partial charge in [-0.1, -0.05) is 76.2 Å². The van der Waals surface area contributed by atoms with Crippen molar-refractivity contribution in [3.63, 3.8) is 0 Å². The molecular weight excluding hydrogens is 414 g/mol. The molecule has 1 aliphatic rings. The van der Waals surface area contributed by atoms with Crippen LogP contribution in [0.2, 0.25) is 0 Å². The second kappa shape index (κ2) is 7.63. The highest BCUT2D eigenvalue weighted by molar-refractivity contribution is 9.10. The summed E-state index contributed by atoms with van der Waals surface area (Å²) in [6, 6.07) is 18.1. The minimum atomic E-state index is -0.221. The molecule has 1 aliphatic heterocycles. The highest BCUT2D eigenvalue weighted by atomic mass is 79.9. The molecule has 0 amide bonds. The quantitative estimate of drug-likeness (QED) is 0.569. The van der Waals surface area contributed by atoms with Gasteiger partial charge in [-0.15, -0.1) is 10.2 Å². The van der Waals surface area contributed by atoms with Gasteiger partial charge in [-0.05, 0) is 11.6 Å². The van der Waals surface area contributed by atoms with Gasteiger partial charge in [0.2, 0.25) is 0 Å². The predicted octanol–water partition coefficient (Wildman–Crippen LogP) is 4.16. The second-order valence-electron chi connectivity index (χ2n) is 5.92. The zero-order valence-corrected chi connectivity index (χ0v) is 16.2. The third kappa shape index (κ3) is 3.54. The Labute approximate surface area is 163 Å². The van der Waals surface area contributed by atoms with Crippen LogP contribution < -0.4 is 0 Å². The summed E-state index contributed by atoms with van der Waals surface area (Å²) in [5.41, 5.74) is 2.12. The smallest absolute Gasteiger partial charge is 0.319 e. The number of esters is 1. The van der Waals surface area contributed by atoms with Crippen LogP contribution >= 0.6 is 27.7 Å². The van der Waals surface area contributed by atoms with Crippen LogP contribution in [0.5, 0.6) is 0 Å². The van der Waals surface area contributed by atoms with Crippen molar-refractivity contribution in [3.8, 4) is 11.4 Å². The van der Waals surface area contributed by atoms with Crippen molar-refractivity contribution < 1.29 is 9.53 Å². The predicted molar refractivity (Wildman–Crippen MR) is 104 cm³/mol. The SMILES string of the molecule is O=C1OCC[C@@H]1Sc1nnc(-c2ccccc2Br)n1Cc1ccccc1. The number of halogens is 1. The summed E-state index contributed by atoms with van der Waals surface area (Å²) >= 11 is 5.02. The zero-order chi connectivity index (χ0) is 17.9. The summed E-state index contributed by atoms with van der Waals surface area (Å²) in [6.45, 7) is 1.11. The maximum Gasteiger partial charge on any atom is 0.319 e. The summed E-state index contributed by atoms with van der Waals surface area (Å²) in [5, 5.41) is 9.30. The van der Waals surface area contributed by atoms with Gasteiger partial charge in [-0.3, -0.25) is 9.36 Å². The van der Waals surface area contributed by atoms with E-state index in [2.05, 4.69) is 42.8 Å². The van der Waals surface area contributed by atoms with Gasteiger partial charge >= 0.3 is 5.97 Å². The number of nitrogens with zero attached hydrogens (tertiary/aromatic N) is 3. The number of hydrogen-bond acceptors (Lipinski definition) is 5. The van der Waals surface area contributed by atoms with Gasteiger partial charge < -0.3 is 4.74 Å². The molecule has 0 aliphatic carbocycles. The normalized spacial score (nSPS) is 16.7. The Bertz CT molecular complexity index is 930. The lowest BCUT2D eigenvalue weighted by molar-refractivity contribution is -0.137. The number of hydrogen-bond donors (Lipinski definition) is 0. The van der Waals surface area contributed by atoms with Crippen LogP contribution in [0.1, 0.15) is 12.0 Å². The van der Waals surface area contributed by atoms with E-state index in [0.29, 0.717) is 19.6 Å². The molecule has 0 saturated carbocycles. The van der Waals surface area contributed by atoms with E-state index in [1.807, 2.05) is 42.5 Å². The van der Waals surface area contributed by atoms with Crippen LogP contribution in [0.4, 0.5) is 0 Å². The molecular formula is C19H16BrN3O2S. The lowest BCUT2D eigenvalue weighted by atomic mass is 10.2.